The van der Waals surface area contributed by atoms with Gasteiger partial charge in [-0.1, -0.05) is 6.07 Å². The third-order valence-electron chi connectivity index (χ3n) is 5.52. The molecule has 0 radical (unpaired) electrons. The third kappa shape index (κ3) is 7.03. The van der Waals surface area contributed by atoms with Crippen LogP contribution in [0, 0.1) is 0 Å². The van der Waals surface area contributed by atoms with Gasteiger partial charge in [0.1, 0.15) is 0 Å². The predicted octanol–water partition coefficient (Wildman–Crippen LogP) is 2.55. The molecule has 0 aromatic carbocycles. The summed E-state index contributed by atoms with van der Waals surface area (Å²) in [5.41, 5.74) is 0. The summed E-state index contributed by atoms with van der Waals surface area (Å²) in [7, 11) is 0. The number of nitrogens with zero attached hydrogens (tertiary/aromatic N) is 3. The molecule has 2 aliphatic heterocycles. The van der Waals surface area contributed by atoms with Gasteiger partial charge in [0.25, 0.3) is 0 Å². The van der Waals surface area contributed by atoms with Crippen molar-refractivity contribution < 1.29 is 4.74 Å². The third-order valence-corrected chi connectivity index (χ3v) is 6.49. The Bertz CT molecular complexity index is 553. The molecule has 1 aromatic rings. The van der Waals surface area contributed by atoms with Crippen molar-refractivity contribution in [1.29, 1.82) is 0 Å². The molecule has 0 spiro atoms. The topological polar surface area (TPSA) is 52.1 Å². The quantitative estimate of drug-likeness (QED) is 0.355. The van der Waals surface area contributed by atoms with Crippen molar-refractivity contribution in [2.45, 2.75) is 38.6 Å². The first kappa shape index (κ1) is 21.6. The smallest absolute Gasteiger partial charge is 0.191 e. The molecule has 0 aliphatic carbocycles. The SMILES string of the molecule is CCNC(=NCC(c1cccs1)N1CCOCC1)NCCCCN1CCCC1. The largest absolute Gasteiger partial charge is 0.379 e. The van der Waals surface area contributed by atoms with Crippen molar-refractivity contribution in [3.63, 3.8) is 0 Å². The molecule has 0 saturated carbocycles. The molecular weight excluding hydrogens is 370 g/mol. The summed E-state index contributed by atoms with van der Waals surface area (Å²) < 4.78 is 5.54. The van der Waals surface area contributed by atoms with E-state index in [1.165, 1.54) is 50.2 Å². The fraction of sp³-hybridized carbons (Fsp3) is 0.762. The summed E-state index contributed by atoms with van der Waals surface area (Å²) in [5.74, 6) is 0.943. The van der Waals surface area contributed by atoms with Gasteiger partial charge in [-0.25, -0.2) is 0 Å². The minimum atomic E-state index is 0.342. The maximum atomic E-state index is 5.54. The van der Waals surface area contributed by atoms with Gasteiger partial charge in [-0.3, -0.25) is 9.89 Å². The Labute approximate surface area is 174 Å². The predicted molar refractivity (Wildman–Crippen MR) is 118 cm³/mol. The molecule has 3 rings (SSSR count). The molecule has 1 atom stereocenters. The summed E-state index contributed by atoms with van der Waals surface area (Å²) in [6, 6.07) is 4.72. The van der Waals surface area contributed by atoms with Crippen molar-refractivity contribution in [3.05, 3.63) is 22.4 Å². The van der Waals surface area contributed by atoms with Gasteiger partial charge in [0.05, 0.1) is 25.8 Å². The Morgan fingerprint density at radius 2 is 2.00 bits per heavy atom. The lowest BCUT2D eigenvalue weighted by atomic mass is 10.2. The van der Waals surface area contributed by atoms with Gasteiger partial charge in [-0.05, 0) is 63.7 Å². The summed E-state index contributed by atoms with van der Waals surface area (Å²) in [5, 5.41) is 9.10. The molecule has 2 aliphatic rings. The number of likely N-dealkylation sites (tertiary alicyclic amines) is 1. The molecule has 0 bridgehead atoms. The molecule has 2 saturated heterocycles. The van der Waals surface area contributed by atoms with E-state index in [-0.39, 0.29) is 0 Å². The Morgan fingerprint density at radius 1 is 1.18 bits per heavy atom. The van der Waals surface area contributed by atoms with Gasteiger partial charge in [0, 0.05) is 31.1 Å². The normalized spacial score (nSPS) is 20.4. The van der Waals surface area contributed by atoms with E-state index >= 15 is 0 Å². The Balaban J connectivity index is 1.47. The highest BCUT2D eigenvalue weighted by atomic mass is 32.1. The van der Waals surface area contributed by atoms with Gasteiger partial charge in [-0.2, -0.15) is 0 Å². The molecule has 3 heterocycles. The molecule has 1 unspecified atom stereocenters. The van der Waals surface area contributed by atoms with Gasteiger partial charge in [-0.15, -0.1) is 11.3 Å². The van der Waals surface area contributed by atoms with E-state index in [4.69, 9.17) is 9.73 Å². The van der Waals surface area contributed by atoms with Crippen LogP contribution < -0.4 is 10.6 Å². The molecule has 6 nitrogen and oxygen atoms in total. The van der Waals surface area contributed by atoms with E-state index in [9.17, 15) is 0 Å². The summed E-state index contributed by atoms with van der Waals surface area (Å²) >= 11 is 1.83. The van der Waals surface area contributed by atoms with Crippen LogP contribution in [0.25, 0.3) is 0 Å². The molecule has 28 heavy (non-hydrogen) atoms. The van der Waals surface area contributed by atoms with Gasteiger partial charge < -0.3 is 20.3 Å². The molecule has 2 fully saturated rings. The number of hydrogen-bond acceptors (Lipinski definition) is 5. The first-order valence-electron chi connectivity index (χ1n) is 11.0. The number of ether oxygens (including phenoxy) is 1. The standard InChI is InChI=1S/C21H37N5OS/c1-2-22-21(23-9-3-4-10-25-11-5-6-12-25)24-18-19(20-8-7-17-28-20)26-13-15-27-16-14-26/h7-8,17,19H,2-6,9-16,18H2,1H3,(H2,22,23,24). The Kier molecular flexibility index (Phi) is 9.56. The molecule has 158 valence electrons. The molecule has 7 heteroatoms. The second-order valence-corrected chi connectivity index (χ2v) is 8.56. The van der Waals surface area contributed by atoms with E-state index in [1.807, 2.05) is 11.3 Å². The van der Waals surface area contributed by atoms with Crippen LogP contribution in [0.5, 0.6) is 0 Å². The van der Waals surface area contributed by atoms with Crippen molar-refractivity contribution in [2.24, 2.45) is 4.99 Å². The first-order valence-corrected chi connectivity index (χ1v) is 11.8. The number of rotatable bonds is 10. The van der Waals surface area contributed by atoms with Crippen LogP contribution in [-0.2, 0) is 4.74 Å². The average Bonchev–Trinajstić information content (AvgIpc) is 3.43. The van der Waals surface area contributed by atoms with Gasteiger partial charge in [0.15, 0.2) is 5.96 Å². The summed E-state index contributed by atoms with van der Waals surface area (Å²) in [4.78, 5) is 11.4. The monoisotopic (exact) mass is 407 g/mol. The lowest BCUT2D eigenvalue weighted by Gasteiger charge is -2.33. The van der Waals surface area contributed by atoms with Crippen LogP contribution in [0.2, 0.25) is 0 Å². The second kappa shape index (κ2) is 12.4. The molecule has 0 amide bonds. The number of nitrogens with one attached hydrogen (secondary N) is 2. The highest BCUT2D eigenvalue weighted by Crippen LogP contribution is 2.26. The van der Waals surface area contributed by atoms with E-state index < -0.39 is 0 Å². The maximum absolute atomic E-state index is 5.54. The fourth-order valence-corrected chi connectivity index (χ4v) is 4.80. The lowest BCUT2D eigenvalue weighted by molar-refractivity contribution is 0.0186. The number of unbranched alkanes of at least 4 members (excludes halogenated alkanes) is 1. The van der Waals surface area contributed by atoms with Crippen molar-refractivity contribution in [3.8, 4) is 0 Å². The number of aliphatic imine (C=N–C) groups is 1. The average molecular weight is 408 g/mol. The van der Waals surface area contributed by atoms with Crippen molar-refractivity contribution >= 4 is 17.3 Å². The van der Waals surface area contributed by atoms with Crippen LogP contribution in [-0.4, -0.2) is 81.3 Å². The van der Waals surface area contributed by atoms with Gasteiger partial charge >= 0.3 is 0 Å². The van der Waals surface area contributed by atoms with Crippen molar-refractivity contribution in [1.82, 2.24) is 20.4 Å². The molecule has 1 aromatic heterocycles. The number of thiophene rings is 1. The molecule has 2 N–H and O–H groups in total. The van der Waals surface area contributed by atoms with Crippen LogP contribution in [0.4, 0.5) is 0 Å². The van der Waals surface area contributed by atoms with Crippen LogP contribution in [0.1, 0.15) is 43.5 Å². The minimum Gasteiger partial charge on any atom is -0.379 e. The fourth-order valence-electron chi connectivity index (χ4n) is 3.95. The van der Waals surface area contributed by atoms with Crippen LogP contribution in [0.15, 0.2) is 22.5 Å². The maximum Gasteiger partial charge on any atom is 0.191 e. The van der Waals surface area contributed by atoms with Gasteiger partial charge in [0.2, 0.25) is 0 Å². The zero-order valence-electron chi connectivity index (χ0n) is 17.4. The van der Waals surface area contributed by atoms with Crippen molar-refractivity contribution in [2.75, 3.05) is 65.6 Å². The second-order valence-electron chi connectivity index (χ2n) is 7.58. The summed E-state index contributed by atoms with van der Waals surface area (Å²) in [6.45, 7) is 12.2. The van der Waals surface area contributed by atoms with E-state index in [0.29, 0.717) is 6.04 Å². The Morgan fingerprint density at radius 3 is 2.71 bits per heavy atom. The van der Waals surface area contributed by atoms with E-state index in [0.717, 1.165) is 51.9 Å². The highest BCUT2D eigenvalue weighted by molar-refractivity contribution is 7.10. The summed E-state index contributed by atoms with van der Waals surface area (Å²) in [6.07, 6.45) is 5.21. The first-order chi connectivity index (χ1) is 13.9. The number of hydrogen-bond donors (Lipinski definition) is 2. The van der Waals surface area contributed by atoms with Crippen LogP contribution >= 0.6 is 11.3 Å². The highest BCUT2D eigenvalue weighted by Gasteiger charge is 2.23. The Hall–Kier alpha value is -1.15. The zero-order chi connectivity index (χ0) is 19.4. The number of guanidine groups is 1. The molecular formula is C21H37N5OS. The van der Waals surface area contributed by atoms with Crippen LogP contribution in [0.3, 0.4) is 0 Å². The zero-order valence-corrected chi connectivity index (χ0v) is 18.2. The van der Waals surface area contributed by atoms with E-state index in [2.05, 4.69) is 44.9 Å². The number of morpholine rings is 1. The lowest BCUT2D eigenvalue weighted by Crippen LogP contribution is -2.41. The van der Waals surface area contributed by atoms with E-state index in [1.54, 1.807) is 0 Å². The minimum absolute atomic E-state index is 0.342.